The van der Waals surface area contributed by atoms with E-state index in [0.29, 0.717) is 22.0 Å². The first-order valence-electron chi connectivity index (χ1n) is 11.3. The maximum Gasteiger partial charge on any atom is 0.301 e. The lowest BCUT2D eigenvalue weighted by Gasteiger charge is -2.23. The summed E-state index contributed by atoms with van der Waals surface area (Å²) in [6, 6.07) is 19.7. The van der Waals surface area contributed by atoms with E-state index in [2.05, 4.69) is 4.98 Å². The van der Waals surface area contributed by atoms with Gasteiger partial charge in [0.2, 0.25) is 0 Å². The summed E-state index contributed by atoms with van der Waals surface area (Å²) in [6.45, 7) is 3.99. The highest BCUT2D eigenvalue weighted by molar-refractivity contribution is 7.22. The highest BCUT2D eigenvalue weighted by Gasteiger charge is 2.48. The van der Waals surface area contributed by atoms with E-state index in [1.165, 1.54) is 16.2 Å². The maximum atomic E-state index is 13.4. The van der Waals surface area contributed by atoms with Gasteiger partial charge in [0, 0.05) is 5.56 Å². The van der Waals surface area contributed by atoms with Crippen molar-refractivity contribution in [2.75, 3.05) is 12.0 Å². The first-order valence-corrected chi connectivity index (χ1v) is 12.1. The van der Waals surface area contributed by atoms with Gasteiger partial charge < -0.3 is 9.84 Å². The van der Waals surface area contributed by atoms with Gasteiger partial charge in [0.1, 0.15) is 11.5 Å². The second kappa shape index (κ2) is 9.00. The normalized spacial score (nSPS) is 17.3. The molecule has 2 heterocycles. The summed E-state index contributed by atoms with van der Waals surface area (Å²) in [5.41, 5.74) is 4.07. The van der Waals surface area contributed by atoms with E-state index in [1.807, 2.05) is 62.4 Å². The number of benzene rings is 3. The number of aliphatic hydroxyl groups is 1. The van der Waals surface area contributed by atoms with Gasteiger partial charge in [0.15, 0.2) is 5.13 Å². The lowest BCUT2D eigenvalue weighted by Crippen LogP contribution is -2.29. The molecule has 1 atom stereocenters. The van der Waals surface area contributed by atoms with Gasteiger partial charge in [0.25, 0.3) is 5.78 Å². The lowest BCUT2D eigenvalue weighted by molar-refractivity contribution is -0.132. The number of nitrogens with zero attached hydrogens (tertiary/aromatic N) is 2. The number of thiazole rings is 1. The molecule has 1 fully saturated rings. The summed E-state index contributed by atoms with van der Waals surface area (Å²) in [6.07, 6.45) is 0.858. The quantitative estimate of drug-likeness (QED) is 0.220. The van der Waals surface area contributed by atoms with Crippen LogP contribution in [0.4, 0.5) is 5.13 Å². The Hall–Kier alpha value is -3.97. The molecule has 1 aromatic heterocycles. The summed E-state index contributed by atoms with van der Waals surface area (Å²) >= 11 is 1.30. The Bertz CT molecular complexity index is 1490. The SMILES string of the molecule is CCc1ccc(/C(O)=C2\C(=O)C(=O)N(c3nc4ccc(OC)cc4s3)C2c2cccc(C)c2)cc1. The highest BCUT2D eigenvalue weighted by atomic mass is 32.1. The van der Waals surface area contributed by atoms with Gasteiger partial charge >= 0.3 is 5.91 Å². The highest BCUT2D eigenvalue weighted by Crippen LogP contribution is 2.44. The molecule has 0 bridgehead atoms. The fourth-order valence-corrected chi connectivity index (χ4v) is 5.38. The summed E-state index contributed by atoms with van der Waals surface area (Å²) in [4.78, 5) is 32.8. The minimum Gasteiger partial charge on any atom is -0.507 e. The summed E-state index contributed by atoms with van der Waals surface area (Å²) in [5.74, 6) is -0.956. The average Bonchev–Trinajstić information content (AvgIpc) is 3.41. The fourth-order valence-electron chi connectivity index (χ4n) is 4.36. The Balaban J connectivity index is 1.70. The van der Waals surface area contributed by atoms with Crippen LogP contribution in [0.3, 0.4) is 0 Å². The monoisotopic (exact) mass is 484 g/mol. The number of aromatic nitrogens is 1. The topological polar surface area (TPSA) is 79.7 Å². The number of ketones is 1. The molecule has 0 aliphatic carbocycles. The number of methoxy groups -OCH3 is 1. The van der Waals surface area contributed by atoms with Gasteiger partial charge in [-0.1, -0.05) is 72.4 Å². The number of aryl methyl sites for hydroxylation is 2. The van der Waals surface area contributed by atoms with Crippen molar-refractivity contribution in [2.45, 2.75) is 26.3 Å². The van der Waals surface area contributed by atoms with Crippen molar-refractivity contribution < 1.29 is 19.4 Å². The van der Waals surface area contributed by atoms with Gasteiger partial charge in [-0.15, -0.1) is 0 Å². The van der Waals surface area contributed by atoms with E-state index in [0.717, 1.165) is 27.8 Å². The Kier molecular flexibility index (Phi) is 5.86. The Morgan fingerprint density at radius 1 is 1.09 bits per heavy atom. The second-order valence-electron chi connectivity index (χ2n) is 8.46. The first kappa shape index (κ1) is 22.8. The molecule has 7 heteroatoms. The van der Waals surface area contributed by atoms with Crippen molar-refractivity contribution in [2.24, 2.45) is 0 Å². The zero-order valence-corrected chi connectivity index (χ0v) is 20.4. The van der Waals surface area contributed by atoms with E-state index in [4.69, 9.17) is 4.74 Å². The number of aliphatic hydroxyl groups excluding tert-OH is 1. The number of anilines is 1. The van der Waals surface area contributed by atoms with E-state index in [-0.39, 0.29) is 11.3 Å². The van der Waals surface area contributed by atoms with Crippen LogP contribution in [-0.2, 0) is 16.0 Å². The number of fused-ring (bicyclic) bond motifs is 1. The minimum absolute atomic E-state index is 0.0571. The van der Waals surface area contributed by atoms with Crippen LogP contribution in [0.25, 0.3) is 16.0 Å². The largest absolute Gasteiger partial charge is 0.507 e. The lowest BCUT2D eigenvalue weighted by atomic mass is 9.94. The van der Waals surface area contributed by atoms with Gasteiger partial charge in [-0.2, -0.15) is 0 Å². The van der Waals surface area contributed by atoms with Crippen molar-refractivity contribution in [3.63, 3.8) is 0 Å². The van der Waals surface area contributed by atoms with Crippen molar-refractivity contribution >= 4 is 44.1 Å². The molecule has 3 aromatic carbocycles. The third kappa shape index (κ3) is 3.98. The minimum atomic E-state index is -0.803. The number of ether oxygens (including phenoxy) is 1. The summed E-state index contributed by atoms with van der Waals surface area (Å²) < 4.78 is 6.15. The van der Waals surface area contributed by atoms with E-state index < -0.39 is 17.7 Å². The van der Waals surface area contributed by atoms with E-state index in [9.17, 15) is 14.7 Å². The van der Waals surface area contributed by atoms with Gasteiger partial charge in [-0.3, -0.25) is 14.5 Å². The molecular weight excluding hydrogens is 460 g/mol. The molecule has 1 amide bonds. The van der Waals surface area contributed by atoms with Crippen molar-refractivity contribution in [3.05, 3.63) is 94.6 Å². The van der Waals surface area contributed by atoms with Crippen LogP contribution >= 0.6 is 11.3 Å². The van der Waals surface area contributed by atoms with Gasteiger partial charge in [0.05, 0.1) is 28.9 Å². The van der Waals surface area contributed by atoms with Crippen molar-refractivity contribution in [1.82, 2.24) is 4.98 Å². The van der Waals surface area contributed by atoms with Crippen LogP contribution in [0.2, 0.25) is 0 Å². The molecule has 1 unspecified atom stereocenters. The molecule has 4 aromatic rings. The van der Waals surface area contributed by atoms with E-state index >= 15 is 0 Å². The third-order valence-electron chi connectivity index (χ3n) is 6.23. The number of Topliss-reactive ketones (excluding diaryl/α,β-unsaturated/α-hetero) is 1. The Morgan fingerprint density at radius 3 is 2.54 bits per heavy atom. The predicted molar refractivity (Wildman–Crippen MR) is 138 cm³/mol. The molecule has 0 radical (unpaired) electrons. The number of hydrogen-bond acceptors (Lipinski definition) is 6. The predicted octanol–water partition coefficient (Wildman–Crippen LogP) is 5.80. The molecule has 0 spiro atoms. The molecule has 5 rings (SSSR count). The average molecular weight is 485 g/mol. The standard InChI is InChI=1S/C28H24N2O4S/c1-4-17-8-10-18(11-9-17)25(31)23-24(19-7-5-6-16(2)14-19)30(27(33)26(23)32)28-29-21-13-12-20(34-3)15-22(21)35-28/h5-15,24,31H,4H2,1-3H3/b25-23+. The first-order chi connectivity index (χ1) is 16.9. The molecule has 0 saturated carbocycles. The second-order valence-corrected chi connectivity index (χ2v) is 9.47. The summed E-state index contributed by atoms with van der Waals surface area (Å²) in [7, 11) is 1.59. The van der Waals surface area contributed by atoms with Crippen molar-refractivity contribution in [3.8, 4) is 5.75 Å². The molecule has 1 aliphatic heterocycles. The zero-order valence-electron chi connectivity index (χ0n) is 19.6. The van der Waals surface area contributed by atoms with E-state index in [1.54, 1.807) is 25.3 Å². The van der Waals surface area contributed by atoms with Crippen molar-refractivity contribution in [1.29, 1.82) is 0 Å². The Morgan fingerprint density at radius 2 is 1.86 bits per heavy atom. The van der Waals surface area contributed by atoms with Crippen LogP contribution in [0.1, 0.15) is 35.2 Å². The van der Waals surface area contributed by atoms with Crippen LogP contribution in [0.15, 0.2) is 72.3 Å². The molecule has 1 saturated heterocycles. The fraction of sp³-hybridized carbons (Fsp3) is 0.179. The van der Waals surface area contributed by atoms with Gasteiger partial charge in [-0.25, -0.2) is 4.98 Å². The molecular formula is C28H24N2O4S. The van der Waals surface area contributed by atoms with Gasteiger partial charge in [-0.05, 0) is 42.7 Å². The third-order valence-corrected chi connectivity index (χ3v) is 7.25. The number of rotatable bonds is 5. The number of carbonyl (C=O) groups excluding carboxylic acids is 2. The molecule has 35 heavy (non-hydrogen) atoms. The number of hydrogen-bond donors (Lipinski definition) is 1. The smallest absolute Gasteiger partial charge is 0.301 e. The van der Waals surface area contributed by atoms with Crippen LogP contribution in [0, 0.1) is 6.92 Å². The molecule has 6 nitrogen and oxygen atoms in total. The zero-order chi connectivity index (χ0) is 24.7. The van der Waals surface area contributed by atoms with Crippen LogP contribution < -0.4 is 9.64 Å². The molecule has 1 aliphatic rings. The number of carbonyl (C=O) groups is 2. The molecule has 1 N–H and O–H groups in total. The molecule has 176 valence electrons. The van der Waals surface area contributed by atoms with Crippen LogP contribution in [-0.4, -0.2) is 28.9 Å². The van der Waals surface area contributed by atoms with Crippen LogP contribution in [0.5, 0.6) is 5.75 Å². The summed E-state index contributed by atoms with van der Waals surface area (Å²) in [5, 5.41) is 11.7. The number of amides is 1. The Labute approximate surface area is 207 Å². The maximum absolute atomic E-state index is 13.4.